The van der Waals surface area contributed by atoms with E-state index in [0.29, 0.717) is 37.5 Å². The number of anilines is 1. The Morgan fingerprint density at radius 3 is 2.81 bits per heavy atom. The first kappa shape index (κ1) is 15.4. The van der Waals surface area contributed by atoms with Crippen molar-refractivity contribution < 1.29 is 10.2 Å². The van der Waals surface area contributed by atoms with Crippen LogP contribution < -0.4 is 21.9 Å². The molecule has 2 rings (SSSR count). The summed E-state index contributed by atoms with van der Waals surface area (Å²) in [5, 5.41) is 18.1. The normalized spacial score (nSPS) is 15.6. The lowest BCUT2D eigenvalue weighted by molar-refractivity contribution is 0.0870. The van der Waals surface area contributed by atoms with Gasteiger partial charge in [-0.3, -0.25) is 14.8 Å². The minimum atomic E-state index is -0.768. The standard InChI is InChI=1S/C12H19N5O4/c13-4-7-5-17(3-1-2-8(19)6-18)10-9(14-7)11(20)16-12(21)15-10/h8,18-19H,1-6,13H2,(H2,15,16,20,21). The van der Waals surface area contributed by atoms with E-state index in [1.54, 1.807) is 4.90 Å². The van der Waals surface area contributed by atoms with Crippen molar-refractivity contribution in [2.24, 2.45) is 10.7 Å². The molecular formula is C12H19N5O4. The second-order valence-electron chi connectivity index (χ2n) is 4.89. The third kappa shape index (κ3) is 3.57. The summed E-state index contributed by atoms with van der Waals surface area (Å²) in [7, 11) is 0. The van der Waals surface area contributed by atoms with Gasteiger partial charge in [0.2, 0.25) is 0 Å². The molecule has 0 amide bonds. The zero-order valence-corrected chi connectivity index (χ0v) is 11.5. The predicted octanol–water partition coefficient (Wildman–Crippen LogP) is -1.95. The first-order valence-electron chi connectivity index (χ1n) is 6.72. The maximum Gasteiger partial charge on any atom is 0.327 e. The van der Waals surface area contributed by atoms with Gasteiger partial charge in [-0.2, -0.15) is 0 Å². The van der Waals surface area contributed by atoms with Crippen LogP contribution in [0.25, 0.3) is 0 Å². The van der Waals surface area contributed by atoms with Gasteiger partial charge in [0.05, 0.1) is 25.0 Å². The first-order valence-corrected chi connectivity index (χ1v) is 6.72. The van der Waals surface area contributed by atoms with Crippen molar-refractivity contribution in [3.05, 3.63) is 20.8 Å². The van der Waals surface area contributed by atoms with E-state index in [1.807, 2.05) is 0 Å². The molecule has 116 valence electrons. The lowest BCUT2D eigenvalue weighted by Crippen LogP contribution is -2.40. The van der Waals surface area contributed by atoms with Crippen LogP contribution in [-0.4, -0.2) is 58.2 Å². The maximum atomic E-state index is 11.8. The van der Waals surface area contributed by atoms with Crippen molar-refractivity contribution in [2.45, 2.75) is 18.9 Å². The van der Waals surface area contributed by atoms with E-state index >= 15 is 0 Å². The first-order chi connectivity index (χ1) is 10.0. The second-order valence-corrected chi connectivity index (χ2v) is 4.89. The number of hydrogen-bond donors (Lipinski definition) is 5. The lowest BCUT2D eigenvalue weighted by atomic mass is 10.2. The topological polar surface area (TPSA) is 148 Å². The number of nitrogens with zero attached hydrogens (tertiary/aromatic N) is 2. The smallest absolute Gasteiger partial charge is 0.327 e. The van der Waals surface area contributed by atoms with Crippen LogP contribution in [0.3, 0.4) is 0 Å². The molecule has 1 aromatic heterocycles. The largest absolute Gasteiger partial charge is 0.394 e. The molecule has 9 nitrogen and oxygen atoms in total. The van der Waals surface area contributed by atoms with Gasteiger partial charge in [-0.05, 0) is 12.8 Å². The molecular weight excluding hydrogens is 278 g/mol. The molecule has 0 saturated heterocycles. The molecule has 1 aliphatic heterocycles. The average molecular weight is 297 g/mol. The van der Waals surface area contributed by atoms with E-state index in [9.17, 15) is 14.7 Å². The zero-order valence-electron chi connectivity index (χ0n) is 11.5. The highest BCUT2D eigenvalue weighted by Crippen LogP contribution is 2.25. The van der Waals surface area contributed by atoms with Gasteiger partial charge in [0.15, 0.2) is 5.69 Å². The number of hydrogen-bond acceptors (Lipinski definition) is 7. The number of aromatic amines is 2. The molecule has 2 heterocycles. The van der Waals surface area contributed by atoms with Crippen LogP contribution in [0.5, 0.6) is 0 Å². The summed E-state index contributed by atoms with van der Waals surface area (Å²) in [6.45, 7) is 0.844. The van der Waals surface area contributed by atoms with Crippen molar-refractivity contribution in [2.75, 3.05) is 31.1 Å². The van der Waals surface area contributed by atoms with E-state index in [0.717, 1.165) is 0 Å². The Balaban J connectivity index is 2.23. The van der Waals surface area contributed by atoms with Gasteiger partial charge in [-0.25, -0.2) is 9.79 Å². The summed E-state index contributed by atoms with van der Waals surface area (Å²) in [6, 6.07) is 0. The van der Waals surface area contributed by atoms with Crippen LogP contribution in [-0.2, 0) is 0 Å². The van der Waals surface area contributed by atoms with Crippen molar-refractivity contribution in [3.8, 4) is 0 Å². The van der Waals surface area contributed by atoms with Crippen LogP contribution >= 0.6 is 0 Å². The monoisotopic (exact) mass is 297 g/mol. The third-order valence-corrected chi connectivity index (χ3v) is 3.27. The Hall–Kier alpha value is -1.97. The molecule has 0 aliphatic carbocycles. The molecule has 0 saturated carbocycles. The third-order valence-electron chi connectivity index (χ3n) is 3.27. The van der Waals surface area contributed by atoms with Gasteiger partial charge < -0.3 is 20.8 Å². The van der Waals surface area contributed by atoms with Gasteiger partial charge in [-0.1, -0.05) is 0 Å². The minimum Gasteiger partial charge on any atom is -0.394 e. The number of aliphatic hydroxyl groups is 2. The molecule has 6 N–H and O–H groups in total. The van der Waals surface area contributed by atoms with E-state index in [-0.39, 0.29) is 18.8 Å². The van der Waals surface area contributed by atoms with Gasteiger partial charge >= 0.3 is 5.69 Å². The molecule has 0 aromatic carbocycles. The molecule has 0 bridgehead atoms. The SMILES string of the molecule is NCC1=Nc2c([nH]c(=O)[nH]c2=O)N(CCCC(O)CO)C1. The Morgan fingerprint density at radius 1 is 1.38 bits per heavy atom. The van der Waals surface area contributed by atoms with Crippen molar-refractivity contribution in [3.63, 3.8) is 0 Å². The second kappa shape index (κ2) is 6.66. The number of aromatic nitrogens is 2. The molecule has 0 fully saturated rings. The summed E-state index contributed by atoms with van der Waals surface area (Å²) in [4.78, 5) is 33.9. The van der Waals surface area contributed by atoms with Crippen LogP contribution in [0, 0.1) is 0 Å². The van der Waals surface area contributed by atoms with E-state index in [1.165, 1.54) is 0 Å². The molecule has 0 spiro atoms. The molecule has 9 heteroatoms. The number of nitrogens with two attached hydrogens (primary N) is 1. The van der Waals surface area contributed by atoms with Crippen LogP contribution in [0.1, 0.15) is 12.8 Å². The Bertz CT molecular complexity index is 635. The van der Waals surface area contributed by atoms with Crippen molar-refractivity contribution in [1.29, 1.82) is 0 Å². The highest BCUT2D eigenvalue weighted by molar-refractivity contribution is 5.96. The summed E-state index contributed by atoms with van der Waals surface area (Å²) < 4.78 is 0. The quantitative estimate of drug-likeness (QED) is 0.412. The summed E-state index contributed by atoms with van der Waals surface area (Å²) in [5.74, 6) is 0.361. The van der Waals surface area contributed by atoms with E-state index < -0.39 is 17.4 Å². The van der Waals surface area contributed by atoms with E-state index in [4.69, 9.17) is 10.8 Å². The minimum absolute atomic E-state index is 0.143. The number of aliphatic imine (C=N–C) groups is 1. The summed E-state index contributed by atoms with van der Waals surface area (Å²) >= 11 is 0. The number of aliphatic hydroxyl groups excluding tert-OH is 2. The fourth-order valence-electron chi connectivity index (χ4n) is 2.20. The van der Waals surface area contributed by atoms with E-state index in [2.05, 4.69) is 15.0 Å². The van der Waals surface area contributed by atoms with Gasteiger partial charge in [0.25, 0.3) is 5.56 Å². The van der Waals surface area contributed by atoms with Gasteiger partial charge in [0, 0.05) is 13.1 Å². The zero-order chi connectivity index (χ0) is 15.4. The molecule has 1 aliphatic rings. The van der Waals surface area contributed by atoms with Gasteiger partial charge in [0.1, 0.15) is 5.82 Å². The lowest BCUT2D eigenvalue weighted by Gasteiger charge is -2.29. The van der Waals surface area contributed by atoms with Gasteiger partial charge in [-0.15, -0.1) is 0 Å². The fraction of sp³-hybridized carbons (Fsp3) is 0.583. The Kier molecular flexibility index (Phi) is 4.89. The number of fused-ring (bicyclic) bond motifs is 1. The molecule has 1 aromatic rings. The van der Waals surface area contributed by atoms with Crippen LogP contribution in [0.15, 0.2) is 14.6 Å². The number of rotatable bonds is 6. The van der Waals surface area contributed by atoms with Crippen LogP contribution in [0.4, 0.5) is 11.5 Å². The highest BCUT2D eigenvalue weighted by Gasteiger charge is 2.22. The van der Waals surface area contributed by atoms with Crippen molar-refractivity contribution in [1.82, 2.24) is 9.97 Å². The number of nitrogens with one attached hydrogen (secondary N) is 2. The van der Waals surface area contributed by atoms with Crippen LogP contribution in [0.2, 0.25) is 0 Å². The highest BCUT2D eigenvalue weighted by atomic mass is 16.3. The Morgan fingerprint density at radius 2 is 2.14 bits per heavy atom. The molecule has 21 heavy (non-hydrogen) atoms. The summed E-state index contributed by atoms with van der Waals surface area (Å²) in [5.41, 5.74) is 5.22. The average Bonchev–Trinajstić information content (AvgIpc) is 2.47. The molecule has 1 unspecified atom stereocenters. The summed E-state index contributed by atoms with van der Waals surface area (Å²) in [6.07, 6.45) is 0.244. The molecule has 0 radical (unpaired) electrons. The fourth-order valence-corrected chi connectivity index (χ4v) is 2.20. The number of H-pyrrole nitrogens is 2. The van der Waals surface area contributed by atoms with Crippen molar-refractivity contribution >= 4 is 17.2 Å². The predicted molar refractivity (Wildman–Crippen MR) is 78.4 cm³/mol. The molecule has 1 atom stereocenters. The Labute approximate surface area is 120 Å². The maximum absolute atomic E-state index is 11.8.